The number of rotatable bonds is 8. The minimum absolute atomic E-state index is 0. The maximum atomic E-state index is 11.7. The van der Waals surface area contributed by atoms with Crippen molar-refractivity contribution in [3.05, 3.63) is 199 Å². The second-order valence-corrected chi connectivity index (χ2v) is 18.0. The number of hydrogen-bond donors (Lipinski definition) is 6. The Kier molecular flexibility index (Phi) is 25.2. The number of aryl methyl sites for hydroxylation is 8. The molecule has 0 aliphatic rings. The van der Waals surface area contributed by atoms with Crippen LogP contribution >= 0.6 is 0 Å². The highest BCUT2D eigenvalue weighted by atomic mass is 16.5. The van der Waals surface area contributed by atoms with Crippen molar-refractivity contribution in [2.75, 3.05) is 34.2 Å². The minimum atomic E-state index is -1.03. The molecule has 0 bridgehead atoms. The van der Waals surface area contributed by atoms with Crippen LogP contribution < -0.4 is 17.4 Å². The van der Waals surface area contributed by atoms with Crippen LogP contribution in [-0.4, -0.2) is 95.3 Å². The lowest BCUT2D eigenvalue weighted by Gasteiger charge is -2.05. The number of oxime groups is 1. The number of aromatic carboxylic acids is 1. The van der Waals surface area contributed by atoms with Crippen molar-refractivity contribution in [1.82, 2.24) is 10.1 Å². The average Bonchev–Trinajstić information content (AvgIpc) is 3.45. The van der Waals surface area contributed by atoms with E-state index in [0.29, 0.717) is 67.8 Å². The topological polar surface area (TPSA) is 374 Å². The number of anilines is 1. The molecule has 23 nitrogen and oxygen atoms in total. The Labute approximate surface area is 482 Å². The van der Waals surface area contributed by atoms with E-state index in [1.54, 1.807) is 86.6 Å². The highest BCUT2D eigenvalue weighted by Gasteiger charge is 2.19. The van der Waals surface area contributed by atoms with Gasteiger partial charge in [0.25, 0.3) is 5.89 Å². The SMILES string of the molecule is COC(=O)c1ccc(-c2noc(-c3cc4c(C)ccc(C)c4o3)n2)cc1C.COC(=O)c1ccc(/C(N)=N\O)cc1C.COC(=O)c1ccc(N)cc1C.Cc1ccc(C)c2oc(C(=O)O)cc12.NO.O.[C-]#[N+]c1ccc(C(=O)OC)c(C)c1. The number of furan rings is 2. The number of benzene rings is 6. The second-order valence-electron chi connectivity index (χ2n) is 18.0. The number of nitrogens with zero attached hydrogens (tertiary/aromatic N) is 4. The van der Waals surface area contributed by atoms with Gasteiger partial charge in [-0.15, -0.1) is 0 Å². The molecule has 23 heteroatoms. The van der Waals surface area contributed by atoms with Gasteiger partial charge in [0.1, 0.15) is 11.2 Å². The molecular formula is C61H65N7O16. The molecule has 0 saturated heterocycles. The van der Waals surface area contributed by atoms with E-state index in [2.05, 4.69) is 46.3 Å². The Morgan fingerprint density at radius 2 is 1.00 bits per heavy atom. The van der Waals surface area contributed by atoms with E-state index in [1.165, 1.54) is 28.4 Å². The van der Waals surface area contributed by atoms with Crippen molar-refractivity contribution >= 4 is 69.0 Å². The van der Waals surface area contributed by atoms with Crippen LogP contribution in [0.3, 0.4) is 0 Å². The fourth-order valence-corrected chi connectivity index (χ4v) is 7.88. The van der Waals surface area contributed by atoms with E-state index < -0.39 is 11.9 Å². The molecule has 3 aromatic heterocycles. The summed E-state index contributed by atoms with van der Waals surface area (Å²) in [7, 11) is 5.37. The monoisotopic (exact) mass is 1150 g/mol. The number of esters is 4. The van der Waals surface area contributed by atoms with Crippen LogP contribution in [0.2, 0.25) is 0 Å². The van der Waals surface area contributed by atoms with Crippen LogP contribution in [0, 0.1) is 62.0 Å². The largest absolute Gasteiger partial charge is 0.475 e. The van der Waals surface area contributed by atoms with Crippen LogP contribution in [0.5, 0.6) is 0 Å². The zero-order valence-electron chi connectivity index (χ0n) is 48.2. The number of aromatic nitrogens is 2. The van der Waals surface area contributed by atoms with Crippen LogP contribution in [-0.2, 0) is 18.9 Å². The first kappa shape index (κ1) is 67.6. The Hall–Kier alpha value is -10.7. The van der Waals surface area contributed by atoms with Crippen molar-refractivity contribution in [2.24, 2.45) is 16.8 Å². The quantitative estimate of drug-likeness (QED) is 0.0120. The van der Waals surface area contributed by atoms with Gasteiger partial charge in [-0.05, 0) is 154 Å². The molecule has 440 valence electrons. The summed E-state index contributed by atoms with van der Waals surface area (Å²) in [4.78, 5) is 63.6. The zero-order valence-corrected chi connectivity index (χ0v) is 48.2. The van der Waals surface area contributed by atoms with Gasteiger partial charge in [-0.25, -0.2) is 34.7 Å². The first-order chi connectivity index (χ1) is 39.5. The van der Waals surface area contributed by atoms with Gasteiger partial charge in [-0.3, -0.25) is 0 Å². The fourth-order valence-electron chi connectivity index (χ4n) is 7.88. The van der Waals surface area contributed by atoms with Gasteiger partial charge in [0.15, 0.2) is 17.3 Å². The van der Waals surface area contributed by atoms with Gasteiger partial charge in [0.05, 0.1) is 57.3 Å². The molecule has 11 N–H and O–H groups in total. The highest BCUT2D eigenvalue weighted by Crippen LogP contribution is 2.33. The number of carboxylic acid groups (broad SMARTS) is 1. The second kappa shape index (κ2) is 31.4. The number of nitrogen functional groups attached to an aromatic ring is 1. The zero-order chi connectivity index (χ0) is 61.8. The molecule has 6 aromatic carbocycles. The normalized spacial score (nSPS) is 10.2. The highest BCUT2D eigenvalue weighted by molar-refractivity contribution is 5.99. The molecular weight excluding hydrogens is 1090 g/mol. The van der Waals surface area contributed by atoms with Gasteiger partial charge in [0.2, 0.25) is 11.6 Å². The summed E-state index contributed by atoms with van der Waals surface area (Å²) >= 11 is 0. The fraction of sp³-hybridized carbons (Fsp3) is 0.197. The predicted octanol–water partition coefficient (Wildman–Crippen LogP) is 10.7. The smallest absolute Gasteiger partial charge is 0.371 e. The Morgan fingerprint density at radius 1 is 0.560 bits per heavy atom. The summed E-state index contributed by atoms with van der Waals surface area (Å²) < 4.78 is 35.1. The number of nitrogens with two attached hydrogens (primary N) is 3. The number of carbonyl (C=O) groups is 5. The van der Waals surface area contributed by atoms with Crippen LogP contribution in [0.25, 0.3) is 49.8 Å². The molecule has 9 rings (SSSR count). The van der Waals surface area contributed by atoms with Gasteiger partial charge < -0.3 is 64.8 Å². The first-order valence-electron chi connectivity index (χ1n) is 24.7. The van der Waals surface area contributed by atoms with E-state index in [9.17, 15) is 24.0 Å². The lowest BCUT2D eigenvalue weighted by molar-refractivity contribution is 0.0591. The summed E-state index contributed by atoms with van der Waals surface area (Å²) in [6.45, 7) is 21.8. The number of carboxylic acids is 1. The minimum Gasteiger partial charge on any atom is -0.475 e. The van der Waals surface area contributed by atoms with E-state index in [0.717, 1.165) is 60.9 Å². The first-order valence-corrected chi connectivity index (χ1v) is 24.7. The third kappa shape index (κ3) is 16.9. The molecule has 0 unspecified atom stereocenters. The van der Waals surface area contributed by atoms with E-state index >= 15 is 0 Å². The number of hydrogen-bond acceptors (Lipinski definition) is 19. The lowest BCUT2D eigenvalue weighted by Crippen LogP contribution is -2.14. The molecule has 0 aliphatic heterocycles. The Bertz CT molecular complexity index is 3810. The van der Waals surface area contributed by atoms with Gasteiger partial charge in [-0.1, -0.05) is 64.9 Å². The van der Waals surface area contributed by atoms with Crippen molar-refractivity contribution in [1.29, 1.82) is 0 Å². The molecule has 84 heavy (non-hydrogen) atoms. The Balaban J connectivity index is 0.000000284. The molecule has 3 heterocycles. The summed E-state index contributed by atoms with van der Waals surface area (Å²) in [6, 6.07) is 31.5. The predicted molar refractivity (Wildman–Crippen MR) is 313 cm³/mol. The molecule has 0 radical (unpaired) electrons. The van der Waals surface area contributed by atoms with Gasteiger partial charge in [-0.2, -0.15) is 4.98 Å². The summed E-state index contributed by atoms with van der Waals surface area (Å²) in [6.07, 6.45) is 0. The molecule has 0 amide bonds. The maximum absolute atomic E-state index is 11.7. The third-order valence-electron chi connectivity index (χ3n) is 12.4. The maximum Gasteiger partial charge on any atom is 0.371 e. The lowest BCUT2D eigenvalue weighted by atomic mass is 10.0. The van der Waals surface area contributed by atoms with E-state index in [1.807, 2.05) is 71.9 Å². The number of methoxy groups -OCH3 is 4. The van der Waals surface area contributed by atoms with Crippen LogP contribution in [0.4, 0.5) is 11.4 Å². The molecule has 0 fully saturated rings. The van der Waals surface area contributed by atoms with Crippen molar-refractivity contribution in [3.8, 4) is 23.0 Å². The number of ether oxygens (including phenoxy) is 4. The summed E-state index contributed by atoms with van der Waals surface area (Å²) in [5.74, 6) is 2.28. The molecule has 0 atom stereocenters. The number of amidine groups is 1. The van der Waals surface area contributed by atoms with E-state index in [-0.39, 0.29) is 35.0 Å². The van der Waals surface area contributed by atoms with Crippen molar-refractivity contribution in [3.63, 3.8) is 0 Å². The molecule has 0 spiro atoms. The molecule has 0 saturated carbocycles. The third-order valence-corrected chi connectivity index (χ3v) is 12.4. The average molecular weight is 1150 g/mol. The summed E-state index contributed by atoms with van der Waals surface area (Å²) in [5, 5.41) is 32.6. The number of fused-ring (bicyclic) bond motifs is 2. The Morgan fingerprint density at radius 3 is 1.43 bits per heavy atom. The van der Waals surface area contributed by atoms with Crippen molar-refractivity contribution < 1.29 is 77.3 Å². The van der Waals surface area contributed by atoms with Gasteiger partial charge in [0, 0.05) is 27.6 Å². The molecule has 0 aliphatic carbocycles. The van der Waals surface area contributed by atoms with Gasteiger partial charge >= 0.3 is 29.8 Å². The van der Waals surface area contributed by atoms with Crippen LogP contribution in [0.15, 0.2) is 128 Å². The van der Waals surface area contributed by atoms with Crippen molar-refractivity contribution in [2.45, 2.75) is 55.4 Å². The van der Waals surface area contributed by atoms with E-state index in [4.69, 9.17) is 51.7 Å². The standard InChI is InChI=1S/C21H18N2O4.C11H10O3.C10H12N2O3.C10H9NO2.C9H11NO2.H3NO.H2O/c1-11-5-6-12(2)18-16(11)10-17(26-18)20-22-19(23-27-20)14-7-8-15(13(3)9-14)21(24)25-4;1-6-3-4-7(2)10-8(6)5-9(14-10)11(12)13;1-6-5-7(9(11)12-14)3-4-8(6)10(13)15-2;1-7-6-8(11-2)4-5-9(7)10(12)13-3;1-6-5-7(10)3-4-8(6)9(11)12-2;1-2;/h5-10H,1-4H3;3-5H,1-2H3,(H,12,13);3-5,14H,1-2H3,(H2,11,12);4-6H,1,3H3;3-5H,10H2,1-2H3;2H,1H2;1H2. The number of carbonyl (C=O) groups excluding carboxylic acids is 4. The molecule has 9 aromatic rings. The summed E-state index contributed by atoms with van der Waals surface area (Å²) in [5.41, 5.74) is 24.2. The van der Waals surface area contributed by atoms with Crippen LogP contribution in [0.1, 0.15) is 102 Å².